The van der Waals surface area contributed by atoms with Gasteiger partial charge in [-0.15, -0.1) is 0 Å². The van der Waals surface area contributed by atoms with Crippen molar-refractivity contribution in [3.05, 3.63) is 29.8 Å². The highest BCUT2D eigenvalue weighted by atomic mass is 19.2. The van der Waals surface area contributed by atoms with Crippen LogP contribution in [0, 0.1) is 47.1 Å². The zero-order valence-electron chi connectivity index (χ0n) is 19.7. The van der Waals surface area contributed by atoms with Gasteiger partial charge in [-0.2, -0.15) is 0 Å². The van der Waals surface area contributed by atoms with Crippen molar-refractivity contribution in [2.24, 2.45) is 35.5 Å². The normalized spacial score (nSPS) is 32.8. The van der Waals surface area contributed by atoms with Crippen LogP contribution < -0.4 is 4.74 Å². The van der Waals surface area contributed by atoms with Gasteiger partial charge in [-0.1, -0.05) is 58.3 Å². The Balaban J connectivity index is 1.28. The molecule has 4 unspecified atom stereocenters. The number of fused-ring (bicyclic) bond motifs is 1. The summed E-state index contributed by atoms with van der Waals surface area (Å²) in [6.07, 6.45) is 17.9. The molecule has 0 aliphatic heterocycles. The van der Waals surface area contributed by atoms with Crippen molar-refractivity contribution in [1.82, 2.24) is 0 Å². The number of unbranched alkanes of at least 4 members (excludes halogenated alkanes) is 2. The SMILES string of the molecule is CCCCCC1CCC(C2CCC3C(CCCC3C(=O)Oc3ccc(F)c(F)c3)C2)CC1. The lowest BCUT2D eigenvalue weighted by Gasteiger charge is -2.46. The van der Waals surface area contributed by atoms with Gasteiger partial charge in [0.15, 0.2) is 11.6 Å². The second-order valence-electron chi connectivity index (χ2n) is 10.8. The van der Waals surface area contributed by atoms with E-state index in [1.54, 1.807) is 0 Å². The minimum Gasteiger partial charge on any atom is -0.426 e. The second-order valence-corrected chi connectivity index (χ2v) is 10.8. The highest BCUT2D eigenvalue weighted by Gasteiger charge is 2.43. The number of hydrogen-bond donors (Lipinski definition) is 0. The average molecular weight is 447 g/mol. The first kappa shape index (κ1) is 23.7. The van der Waals surface area contributed by atoms with Gasteiger partial charge >= 0.3 is 5.97 Å². The highest BCUT2D eigenvalue weighted by molar-refractivity contribution is 5.75. The molecule has 0 bridgehead atoms. The molecule has 3 saturated carbocycles. The summed E-state index contributed by atoms with van der Waals surface area (Å²) in [5.41, 5.74) is 0. The van der Waals surface area contributed by atoms with Gasteiger partial charge in [0.2, 0.25) is 0 Å². The molecule has 32 heavy (non-hydrogen) atoms. The van der Waals surface area contributed by atoms with Crippen LogP contribution in [0.4, 0.5) is 8.78 Å². The third-order valence-corrected chi connectivity index (χ3v) is 8.87. The summed E-state index contributed by atoms with van der Waals surface area (Å²) in [6.45, 7) is 2.28. The lowest BCUT2D eigenvalue weighted by Crippen LogP contribution is -2.40. The fraction of sp³-hybridized carbons (Fsp3) is 0.750. The van der Waals surface area contributed by atoms with Crippen LogP contribution in [0.1, 0.15) is 96.8 Å². The molecule has 1 aromatic carbocycles. The predicted octanol–water partition coefficient (Wildman–Crippen LogP) is 8.09. The van der Waals surface area contributed by atoms with E-state index >= 15 is 0 Å². The van der Waals surface area contributed by atoms with Crippen LogP contribution in [-0.4, -0.2) is 5.97 Å². The van der Waals surface area contributed by atoms with Gasteiger partial charge < -0.3 is 4.74 Å². The smallest absolute Gasteiger partial charge is 0.314 e. The summed E-state index contributed by atoms with van der Waals surface area (Å²) in [5, 5.41) is 0. The molecule has 4 rings (SSSR count). The Hall–Kier alpha value is -1.45. The topological polar surface area (TPSA) is 26.3 Å². The van der Waals surface area contributed by atoms with Crippen molar-refractivity contribution >= 4 is 5.97 Å². The molecular formula is C28H40F2O2. The number of carbonyl (C=O) groups is 1. The molecule has 178 valence electrons. The number of halogens is 2. The summed E-state index contributed by atoms with van der Waals surface area (Å²) < 4.78 is 32.2. The third kappa shape index (κ3) is 5.72. The van der Waals surface area contributed by atoms with Crippen LogP contribution in [0.15, 0.2) is 18.2 Å². The minimum atomic E-state index is -0.975. The molecule has 0 amide bonds. The molecule has 2 nitrogen and oxygen atoms in total. The van der Waals surface area contributed by atoms with Crippen molar-refractivity contribution in [2.45, 2.75) is 96.8 Å². The largest absolute Gasteiger partial charge is 0.426 e. The predicted molar refractivity (Wildman–Crippen MR) is 123 cm³/mol. The van der Waals surface area contributed by atoms with E-state index in [1.165, 1.54) is 76.7 Å². The van der Waals surface area contributed by atoms with Crippen molar-refractivity contribution in [1.29, 1.82) is 0 Å². The molecule has 4 atom stereocenters. The summed E-state index contributed by atoms with van der Waals surface area (Å²) >= 11 is 0. The summed E-state index contributed by atoms with van der Waals surface area (Å²) in [5.74, 6) is 1.54. The summed E-state index contributed by atoms with van der Waals surface area (Å²) in [7, 11) is 0. The van der Waals surface area contributed by atoms with Crippen LogP contribution >= 0.6 is 0 Å². The first-order valence-corrected chi connectivity index (χ1v) is 13.2. The molecule has 0 spiro atoms. The monoisotopic (exact) mass is 446 g/mol. The van der Waals surface area contributed by atoms with Gasteiger partial charge in [-0.25, -0.2) is 8.78 Å². The number of esters is 1. The first-order chi connectivity index (χ1) is 15.5. The first-order valence-electron chi connectivity index (χ1n) is 13.2. The zero-order chi connectivity index (χ0) is 22.5. The van der Waals surface area contributed by atoms with Gasteiger partial charge in [0.25, 0.3) is 0 Å². The lowest BCUT2D eigenvalue weighted by molar-refractivity contribution is -0.144. The summed E-state index contributed by atoms with van der Waals surface area (Å²) in [6, 6.07) is 3.33. The van der Waals surface area contributed by atoms with Gasteiger partial charge in [0.05, 0.1) is 5.92 Å². The maximum atomic E-state index is 13.5. The van der Waals surface area contributed by atoms with Crippen LogP contribution in [0.5, 0.6) is 5.75 Å². The molecule has 3 fully saturated rings. The number of ether oxygens (including phenoxy) is 1. The Bertz CT molecular complexity index is 756. The Kier molecular flexibility index (Phi) is 8.23. The van der Waals surface area contributed by atoms with Gasteiger partial charge in [-0.05, 0) is 80.2 Å². The van der Waals surface area contributed by atoms with Crippen molar-refractivity contribution < 1.29 is 18.3 Å². The Morgan fingerprint density at radius 2 is 1.69 bits per heavy atom. The van der Waals surface area contributed by atoms with Crippen molar-refractivity contribution in [2.75, 3.05) is 0 Å². The molecule has 0 heterocycles. The number of hydrogen-bond acceptors (Lipinski definition) is 2. The van der Waals surface area contributed by atoms with Gasteiger partial charge in [0.1, 0.15) is 5.75 Å². The number of rotatable bonds is 7. The van der Waals surface area contributed by atoms with Gasteiger partial charge in [-0.3, -0.25) is 4.79 Å². The fourth-order valence-corrected chi connectivity index (χ4v) is 7.08. The van der Waals surface area contributed by atoms with E-state index in [-0.39, 0.29) is 17.6 Å². The third-order valence-electron chi connectivity index (χ3n) is 8.87. The molecule has 0 saturated heterocycles. The van der Waals surface area contributed by atoms with Crippen molar-refractivity contribution in [3.63, 3.8) is 0 Å². The maximum Gasteiger partial charge on any atom is 0.314 e. The second kappa shape index (κ2) is 11.1. The van der Waals surface area contributed by atoms with E-state index in [0.29, 0.717) is 11.8 Å². The molecule has 0 aromatic heterocycles. The van der Waals surface area contributed by atoms with E-state index in [9.17, 15) is 13.6 Å². The van der Waals surface area contributed by atoms with E-state index in [0.717, 1.165) is 49.1 Å². The number of carbonyl (C=O) groups excluding carboxylic acids is 1. The molecule has 0 radical (unpaired) electrons. The minimum absolute atomic E-state index is 0.0999. The Morgan fingerprint density at radius 1 is 0.906 bits per heavy atom. The van der Waals surface area contributed by atoms with Crippen LogP contribution in [0.2, 0.25) is 0 Å². The van der Waals surface area contributed by atoms with Gasteiger partial charge in [0, 0.05) is 6.07 Å². The lowest BCUT2D eigenvalue weighted by atomic mass is 9.59. The average Bonchev–Trinajstić information content (AvgIpc) is 2.81. The molecule has 4 heteroatoms. The maximum absolute atomic E-state index is 13.5. The molecular weight excluding hydrogens is 406 g/mol. The van der Waals surface area contributed by atoms with E-state index in [4.69, 9.17) is 4.74 Å². The highest BCUT2D eigenvalue weighted by Crippen LogP contribution is 2.50. The quantitative estimate of drug-likeness (QED) is 0.240. The molecule has 0 N–H and O–H groups in total. The molecule has 3 aliphatic rings. The van der Waals surface area contributed by atoms with Crippen LogP contribution in [0.25, 0.3) is 0 Å². The zero-order valence-corrected chi connectivity index (χ0v) is 19.7. The summed E-state index contributed by atoms with van der Waals surface area (Å²) in [4.78, 5) is 12.9. The molecule has 1 aromatic rings. The van der Waals surface area contributed by atoms with E-state index in [2.05, 4.69) is 6.92 Å². The van der Waals surface area contributed by atoms with Crippen LogP contribution in [0.3, 0.4) is 0 Å². The van der Waals surface area contributed by atoms with E-state index in [1.807, 2.05) is 0 Å². The van der Waals surface area contributed by atoms with Crippen molar-refractivity contribution in [3.8, 4) is 5.75 Å². The number of benzene rings is 1. The van der Waals surface area contributed by atoms with E-state index < -0.39 is 11.6 Å². The molecule has 3 aliphatic carbocycles. The van der Waals surface area contributed by atoms with Crippen LogP contribution in [-0.2, 0) is 4.79 Å². The standard InChI is InChI=1S/C28H40F2O2/c1-2-3-4-6-19-9-11-20(12-10-19)21-13-15-24-22(17-21)7-5-8-25(24)28(31)32-23-14-16-26(29)27(30)18-23/h14,16,18-22,24-25H,2-13,15,17H2,1H3. The fourth-order valence-electron chi connectivity index (χ4n) is 7.08. The Labute approximate surface area is 192 Å². The Morgan fingerprint density at radius 3 is 2.44 bits per heavy atom.